The molecule has 0 unspecified atom stereocenters. The van der Waals surface area contributed by atoms with Crippen molar-refractivity contribution in [2.24, 2.45) is 0 Å². The third-order valence-electron chi connectivity index (χ3n) is 2.49. The Hall–Kier alpha value is -2.51. The van der Waals surface area contributed by atoms with E-state index in [4.69, 9.17) is 5.73 Å². The molecule has 0 aliphatic heterocycles. The normalized spacial score (nSPS) is 11.2. The van der Waals surface area contributed by atoms with Gasteiger partial charge in [0.2, 0.25) is 5.95 Å². The molecule has 0 saturated heterocycles. The molecule has 0 aliphatic carbocycles. The highest BCUT2D eigenvalue weighted by atomic mass is 19.4. The molecule has 1 aromatic carbocycles. The van der Waals surface area contributed by atoms with Crippen LogP contribution in [0.25, 0.3) is 0 Å². The first-order valence-electron chi connectivity index (χ1n) is 5.65. The summed E-state index contributed by atoms with van der Waals surface area (Å²) >= 11 is 0. The molecular formula is C12H12F3N5. The molecule has 20 heavy (non-hydrogen) atoms. The minimum Gasteiger partial charge on any atom is -0.373 e. The highest BCUT2D eigenvalue weighted by molar-refractivity contribution is 5.64. The molecule has 0 radical (unpaired) electrons. The number of halogens is 3. The maximum Gasteiger partial charge on any atom is 0.418 e. The Morgan fingerprint density at radius 2 is 1.75 bits per heavy atom. The number of rotatable bonds is 3. The Bertz CT molecular complexity index is 612. The summed E-state index contributed by atoms with van der Waals surface area (Å²) < 4.78 is 38.6. The van der Waals surface area contributed by atoms with Crippen molar-refractivity contribution in [1.82, 2.24) is 9.97 Å². The van der Waals surface area contributed by atoms with E-state index >= 15 is 0 Å². The van der Waals surface area contributed by atoms with Crippen molar-refractivity contribution in [1.29, 1.82) is 0 Å². The zero-order valence-electron chi connectivity index (χ0n) is 10.5. The van der Waals surface area contributed by atoms with Gasteiger partial charge in [0.15, 0.2) is 0 Å². The van der Waals surface area contributed by atoms with Crippen LogP contribution in [-0.2, 0) is 6.18 Å². The van der Waals surface area contributed by atoms with E-state index in [1.807, 2.05) is 0 Å². The van der Waals surface area contributed by atoms with Gasteiger partial charge in [-0.25, -0.2) is 0 Å². The van der Waals surface area contributed by atoms with Crippen LogP contribution in [0.1, 0.15) is 5.56 Å². The lowest BCUT2D eigenvalue weighted by atomic mass is 10.1. The van der Waals surface area contributed by atoms with Gasteiger partial charge in [-0.2, -0.15) is 23.1 Å². The second-order valence-corrected chi connectivity index (χ2v) is 3.91. The average molecular weight is 283 g/mol. The minimum atomic E-state index is -4.45. The van der Waals surface area contributed by atoms with E-state index in [-0.39, 0.29) is 17.5 Å². The second-order valence-electron chi connectivity index (χ2n) is 3.91. The van der Waals surface area contributed by atoms with E-state index in [2.05, 4.69) is 20.6 Å². The number of nitrogen functional groups attached to an aromatic ring is 1. The van der Waals surface area contributed by atoms with Gasteiger partial charge >= 0.3 is 6.18 Å². The topological polar surface area (TPSA) is 75.9 Å². The minimum absolute atomic E-state index is 0.0381. The zero-order valence-corrected chi connectivity index (χ0v) is 10.5. The number of anilines is 4. The molecule has 5 nitrogen and oxygen atoms in total. The van der Waals surface area contributed by atoms with Crippen molar-refractivity contribution < 1.29 is 13.2 Å². The third kappa shape index (κ3) is 3.08. The summed E-state index contributed by atoms with van der Waals surface area (Å²) in [4.78, 5) is 7.71. The van der Waals surface area contributed by atoms with Gasteiger partial charge in [-0.3, -0.25) is 0 Å². The SMILES string of the molecule is CNc1cc(Nc2ccccc2C(F)(F)F)nc(N)n1. The molecule has 4 N–H and O–H groups in total. The lowest BCUT2D eigenvalue weighted by molar-refractivity contribution is -0.136. The molecule has 0 aliphatic rings. The molecule has 0 spiro atoms. The maximum atomic E-state index is 12.9. The fourth-order valence-corrected chi connectivity index (χ4v) is 1.64. The zero-order chi connectivity index (χ0) is 14.8. The first-order valence-corrected chi connectivity index (χ1v) is 5.65. The first kappa shape index (κ1) is 13.9. The molecular weight excluding hydrogens is 271 g/mol. The highest BCUT2D eigenvalue weighted by Gasteiger charge is 2.33. The maximum absolute atomic E-state index is 12.9. The van der Waals surface area contributed by atoms with Crippen LogP contribution in [-0.4, -0.2) is 17.0 Å². The number of alkyl halides is 3. The summed E-state index contributed by atoms with van der Waals surface area (Å²) in [6.07, 6.45) is -4.45. The van der Waals surface area contributed by atoms with Gasteiger partial charge in [-0.15, -0.1) is 0 Å². The third-order valence-corrected chi connectivity index (χ3v) is 2.49. The van der Waals surface area contributed by atoms with Crippen LogP contribution < -0.4 is 16.4 Å². The Labute approximate surface area is 113 Å². The van der Waals surface area contributed by atoms with Gasteiger partial charge in [0, 0.05) is 13.1 Å². The Kier molecular flexibility index (Phi) is 3.64. The Morgan fingerprint density at radius 1 is 1.10 bits per heavy atom. The molecule has 2 aromatic rings. The monoisotopic (exact) mass is 283 g/mol. The molecule has 0 bridgehead atoms. The molecule has 0 saturated carbocycles. The van der Waals surface area contributed by atoms with E-state index in [1.54, 1.807) is 7.05 Å². The number of hydrogen-bond acceptors (Lipinski definition) is 5. The van der Waals surface area contributed by atoms with Crippen molar-refractivity contribution in [2.75, 3.05) is 23.4 Å². The molecule has 0 fully saturated rings. The number of para-hydroxylation sites is 1. The van der Waals surface area contributed by atoms with Crippen molar-refractivity contribution in [3.8, 4) is 0 Å². The summed E-state index contributed by atoms with van der Waals surface area (Å²) in [7, 11) is 1.62. The summed E-state index contributed by atoms with van der Waals surface area (Å²) in [5.74, 6) is 0.548. The Morgan fingerprint density at radius 3 is 2.40 bits per heavy atom. The van der Waals surface area contributed by atoms with Crippen LogP contribution in [0.3, 0.4) is 0 Å². The molecule has 0 atom stereocenters. The van der Waals surface area contributed by atoms with E-state index in [9.17, 15) is 13.2 Å². The average Bonchev–Trinajstić information content (AvgIpc) is 2.37. The second kappa shape index (κ2) is 5.24. The van der Waals surface area contributed by atoms with Gasteiger partial charge in [-0.05, 0) is 12.1 Å². The van der Waals surface area contributed by atoms with E-state index in [1.165, 1.54) is 24.3 Å². The number of nitrogens with one attached hydrogen (secondary N) is 2. The largest absolute Gasteiger partial charge is 0.418 e. The molecule has 0 amide bonds. The van der Waals surface area contributed by atoms with Crippen LogP contribution in [0, 0.1) is 0 Å². The lowest BCUT2D eigenvalue weighted by Crippen LogP contribution is -2.10. The number of nitrogens with zero attached hydrogens (tertiary/aromatic N) is 2. The fraction of sp³-hybridized carbons (Fsp3) is 0.167. The van der Waals surface area contributed by atoms with E-state index < -0.39 is 11.7 Å². The van der Waals surface area contributed by atoms with Gasteiger partial charge < -0.3 is 16.4 Å². The Balaban J connectivity index is 2.38. The van der Waals surface area contributed by atoms with Gasteiger partial charge in [0.05, 0.1) is 11.3 Å². The van der Waals surface area contributed by atoms with Crippen LogP contribution in [0.2, 0.25) is 0 Å². The predicted molar refractivity (Wildman–Crippen MR) is 70.7 cm³/mol. The van der Waals surface area contributed by atoms with Crippen LogP contribution in [0.5, 0.6) is 0 Å². The molecule has 1 aromatic heterocycles. The highest BCUT2D eigenvalue weighted by Crippen LogP contribution is 2.35. The number of benzene rings is 1. The van der Waals surface area contributed by atoms with Crippen molar-refractivity contribution in [2.45, 2.75) is 6.18 Å². The number of hydrogen-bond donors (Lipinski definition) is 3. The molecule has 1 heterocycles. The number of nitrogens with two attached hydrogens (primary N) is 1. The van der Waals surface area contributed by atoms with Crippen LogP contribution >= 0.6 is 0 Å². The van der Waals surface area contributed by atoms with E-state index in [0.717, 1.165) is 6.07 Å². The number of aromatic nitrogens is 2. The smallest absolute Gasteiger partial charge is 0.373 e. The van der Waals surface area contributed by atoms with Gasteiger partial charge in [0.25, 0.3) is 0 Å². The summed E-state index contributed by atoms with van der Waals surface area (Å²) in [6.45, 7) is 0. The van der Waals surface area contributed by atoms with E-state index in [0.29, 0.717) is 5.82 Å². The molecule has 8 heteroatoms. The summed E-state index contributed by atoms with van der Waals surface area (Å²) in [5, 5.41) is 5.35. The quantitative estimate of drug-likeness (QED) is 0.807. The summed E-state index contributed by atoms with van der Waals surface area (Å²) in [6, 6.07) is 6.60. The van der Waals surface area contributed by atoms with Gasteiger partial charge in [0.1, 0.15) is 11.6 Å². The molecule has 106 valence electrons. The van der Waals surface area contributed by atoms with Crippen molar-refractivity contribution in [3.63, 3.8) is 0 Å². The summed E-state index contributed by atoms with van der Waals surface area (Å²) in [5.41, 5.74) is 4.62. The van der Waals surface area contributed by atoms with Crippen molar-refractivity contribution in [3.05, 3.63) is 35.9 Å². The van der Waals surface area contributed by atoms with Gasteiger partial charge in [-0.1, -0.05) is 12.1 Å². The van der Waals surface area contributed by atoms with Crippen LogP contribution in [0.4, 0.5) is 36.4 Å². The van der Waals surface area contributed by atoms with Crippen molar-refractivity contribution >= 4 is 23.3 Å². The lowest BCUT2D eigenvalue weighted by Gasteiger charge is -2.14. The fourth-order valence-electron chi connectivity index (χ4n) is 1.64. The first-order chi connectivity index (χ1) is 9.40. The molecule has 2 rings (SSSR count). The standard InChI is InChI=1S/C12H12F3N5/c1-17-9-6-10(20-11(16)19-9)18-8-5-3-2-4-7(8)12(13,14)15/h2-6H,1H3,(H4,16,17,18,19,20). The predicted octanol–water partition coefficient (Wildman–Crippen LogP) is 2.86. The van der Waals surface area contributed by atoms with Crippen LogP contribution in [0.15, 0.2) is 30.3 Å².